The second-order valence-corrected chi connectivity index (χ2v) is 13.3. The lowest BCUT2D eigenvalue weighted by Crippen LogP contribution is -2.47. The van der Waals surface area contributed by atoms with Crippen molar-refractivity contribution in [3.8, 4) is 17.2 Å². The summed E-state index contributed by atoms with van der Waals surface area (Å²) in [5, 5.41) is 2.62. The smallest absolute Gasteiger partial charge is 0.266 e. The van der Waals surface area contributed by atoms with Gasteiger partial charge in [-0.05, 0) is 66.9 Å². The molecule has 7 nitrogen and oxygen atoms in total. The van der Waals surface area contributed by atoms with E-state index in [4.69, 9.17) is 61.2 Å². The third-order valence-corrected chi connectivity index (χ3v) is 8.22. The normalized spacial score (nSPS) is 15.1. The zero-order valence-corrected chi connectivity index (χ0v) is 26.8. The van der Waals surface area contributed by atoms with Gasteiger partial charge in [-0.25, -0.2) is 0 Å². The van der Waals surface area contributed by atoms with Crippen LogP contribution in [-0.2, 0) is 11.2 Å². The molecule has 1 N–H and O–H groups in total. The SMILES string of the molecule is COc1ccc(CCN2C(=O)/C(=C/c3ccc(O[C@H](NC(=O)c4ccc(C)cc4)C(Cl)(Cl)Cl)cc3)SC2=S)cc1OC. The van der Waals surface area contributed by atoms with E-state index in [1.54, 1.807) is 61.6 Å². The van der Waals surface area contributed by atoms with E-state index < -0.39 is 15.9 Å². The first-order chi connectivity index (χ1) is 20.0. The number of hydrogen-bond acceptors (Lipinski definition) is 7. The second kappa shape index (κ2) is 14.0. The lowest BCUT2D eigenvalue weighted by molar-refractivity contribution is -0.122. The largest absolute Gasteiger partial charge is 0.493 e. The van der Waals surface area contributed by atoms with Gasteiger partial charge in [0.2, 0.25) is 10.0 Å². The number of aryl methyl sites for hydroxylation is 1. The molecule has 3 aromatic carbocycles. The van der Waals surface area contributed by atoms with Gasteiger partial charge in [-0.15, -0.1) is 0 Å². The quantitative estimate of drug-likeness (QED) is 0.109. The molecule has 0 aromatic heterocycles. The van der Waals surface area contributed by atoms with Crippen LogP contribution in [0.1, 0.15) is 27.0 Å². The number of benzene rings is 3. The molecule has 1 aliphatic rings. The van der Waals surface area contributed by atoms with E-state index in [1.807, 2.05) is 37.3 Å². The molecule has 42 heavy (non-hydrogen) atoms. The van der Waals surface area contributed by atoms with E-state index in [9.17, 15) is 9.59 Å². The zero-order chi connectivity index (χ0) is 30.4. The fraction of sp³-hybridized carbons (Fsp3) is 0.233. The summed E-state index contributed by atoms with van der Waals surface area (Å²) < 4.78 is 15.0. The second-order valence-electron chi connectivity index (χ2n) is 9.22. The fourth-order valence-corrected chi connectivity index (χ4v) is 5.59. The Hall–Kier alpha value is -2.95. The highest BCUT2D eigenvalue weighted by Crippen LogP contribution is 2.35. The van der Waals surface area contributed by atoms with Crippen LogP contribution in [-0.4, -0.2) is 51.8 Å². The molecule has 0 aliphatic carbocycles. The average Bonchev–Trinajstić information content (AvgIpc) is 3.23. The zero-order valence-electron chi connectivity index (χ0n) is 22.9. The van der Waals surface area contributed by atoms with Gasteiger partial charge in [0.25, 0.3) is 11.8 Å². The number of carbonyl (C=O) groups is 2. The van der Waals surface area contributed by atoms with Crippen LogP contribution in [0.15, 0.2) is 71.6 Å². The molecule has 1 saturated heterocycles. The van der Waals surface area contributed by atoms with Gasteiger partial charge in [0.05, 0.1) is 19.1 Å². The third kappa shape index (κ3) is 8.11. The summed E-state index contributed by atoms with van der Waals surface area (Å²) in [4.78, 5) is 27.9. The van der Waals surface area contributed by atoms with Crippen molar-refractivity contribution in [1.29, 1.82) is 0 Å². The highest BCUT2D eigenvalue weighted by Gasteiger charge is 2.36. The number of thioether (sulfide) groups is 1. The number of rotatable bonds is 10. The molecule has 0 radical (unpaired) electrons. The van der Waals surface area contributed by atoms with Gasteiger partial charge in [0, 0.05) is 12.1 Å². The van der Waals surface area contributed by atoms with Crippen LogP contribution in [0.2, 0.25) is 0 Å². The van der Waals surface area contributed by atoms with Crippen molar-refractivity contribution in [2.45, 2.75) is 23.4 Å². The summed E-state index contributed by atoms with van der Waals surface area (Å²) in [5.41, 5.74) is 3.15. The van der Waals surface area contributed by atoms with E-state index in [1.165, 1.54) is 11.8 Å². The molecule has 3 aromatic rings. The Morgan fingerprint density at radius 1 is 1.02 bits per heavy atom. The van der Waals surface area contributed by atoms with E-state index in [0.717, 1.165) is 16.7 Å². The van der Waals surface area contributed by atoms with Gasteiger partial charge < -0.3 is 19.5 Å². The van der Waals surface area contributed by atoms with E-state index >= 15 is 0 Å². The van der Waals surface area contributed by atoms with Gasteiger partial charge in [-0.3, -0.25) is 14.5 Å². The number of thiocarbonyl (C=S) groups is 1. The monoisotopic (exact) mass is 664 g/mol. The van der Waals surface area contributed by atoms with Crippen molar-refractivity contribution < 1.29 is 23.8 Å². The number of carbonyl (C=O) groups excluding carboxylic acids is 2. The summed E-state index contributed by atoms with van der Waals surface area (Å²) in [5.74, 6) is 1.01. The van der Waals surface area contributed by atoms with Crippen LogP contribution in [0.5, 0.6) is 17.2 Å². The predicted octanol–water partition coefficient (Wildman–Crippen LogP) is 6.96. The maximum absolute atomic E-state index is 13.1. The van der Waals surface area contributed by atoms with Gasteiger partial charge in [-0.1, -0.05) is 94.7 Å². The van der Waals surface area contributed by atoms with Gasteiger partial charge in [0.15, 0.2) is 11.5 Å². The third-order valence-electron chi connectivity index (χ3n) is 6.25. The number of amides is 2. The Kier molecular flexibility index (Phi) is 10.7. The number of ether oxygens (including phenoxy) is 3. The van der Waals surface area contributed by atoms with E-state index in [2.05, 4.69) is 5.32 Å². The van der Waals surface area contributed by atoms with Crippen LogP contribution < -0.4 is 19.5 Å². The van der Waals surface area contributed by atoms with Gasteiger partial charge in [0.1, 0.15) is 10.1 Å². The number of nitrogens with zero attached hydrogens (tertiary/aromatic N) is 1. The Morgan fingerprint density at radius 2 is 1.69 bits per heavy atom. The Labute approximate surface area is 269 Å². The van der Waals surface area contributed by atoms with Crippen LogP contribution >= 0.6 is 58.8 Å². The van der Waals surface area contributed by atoms with Crippen LogP contribution in [0.25, 0.3) is 6.08 Å². The predicted molar refractivity (Wildman–Crippen MR) is 173 cm³/mol. The first-order valence-electron chi connectivity index (χ1n) is 12.7. The van der Waals surface area contributed by atoms with Crippen LogP contribution in [0.3, 0.4) is 0 Å². The summed E-state index contributed by atoms with van der Waals surface area (Å²) in [6.45, 7) is 2.35. The molecule has 1 fully saturated rings. The minimum absolute atomic E-state index is 0.166. The molecule has 1 atom stereocenters. The minimum Gasteiger partial charge on any atom is -0.493 e. The number of hydrogen-bond donors (Lipinski definition) is 1. The van der Waals surface area contributed by atoms with Crippen molar-refractivity contribution in [3.63, 3.8) is 0 Å². The standard InChI is InChI=1S/C30H27Cl3N2O5S2/c1-18-4-9-21(10-5-18)26(36)34-28(30(31,32)33)40-22-11-6-19(7-12-22)17-25-27(37)35(29(41)42-25)15-14-20-8-13-23(38-2)24(16-20)39-3/h4-13,16-17,28H,14-15H2,1-3H3,(H,34,36)/b25-17-/t28-/m0/s1. The topological polar surface area (TPSA) is 77.1 Å². The summed E-state index contributed by atoms with van der Waals surface area (Å²) in [6, 6.07) is 19.4. The first-order valence-corrected chi connectivity index (χ1v) is 15.0. The molecule has 220 valence electrons. The van der Waals surface area contributed by atoms with Crippen LogP contribution in [0, 0.1) is 6.92 Å². The fourth-order valence-electron chi connectivity index (χ4n) is 3.99. The minimum atomic E-state index is -1.94. The average molecular weight is 666 g/mol. The summed E-state index contributed by atoms with van der Waals surface area (Å²) in [6.07, 6.45) is 1.09. The molecule has 1 aliphatic heterocycles. The molecular formula is C30H27Cl3N2O5S2. The first kappa shape index (κ1) is 32.0. The summed E-state index contributed by atoms with van der Waals surface area (Å²) >= 11 is 25.0. The molecule has 12 heteroatoms. The summed E-state index contributed by atoms with van der Waals surface area (Å²) in [7, 11) is 3.16. The Morgan fingerprint density at radius 3 is 2.31 bits per heavy atom. The Bertz CT molecular complexity index is 1490. The molecule has 0 saturated carbocycles. The maximum atomic E-state index is 13.1. The molecular weight excluding hydrogens is 639 g/mol. The molecule has 0 unspecified atom stereocenters. The van der Waals surface area contributed by atoms with Crippen LogP contribution in [0.4, 0.5) is 0 Å². The highest BCUT2D eigenvalue weighted by atomic mass is 35.6. The van der Waals surface area contributed by atoms with E-state index in [0.29, 0.717) is 45.0 Å². The molecule has 1 heterocycles. The Balaban J connectivity index is 1.40. The lowest BCUT2D eigenvalue weighted by atomic mass is 10.1. The van der Waals surface area contributed by atoms with Crippen molar-refractivity contribution in [1.82, 2.24) is 10.2 Å². The van der Waals surface area contributed by atoms with Gasteiger partial charge in [-0.2, -0.15) is 0 Å². The number of methoxy groups -OCH3 is 2. The number of alkyl halides is 3. The van der Waals surface area contributed by atoms with Crippen molar-refractivity contribution in [3.05, 3.63) is 93.9 Å². The van der Waals surface area contributed by atoms with Gasteiger partial charge >= 0.3 is 0 Å². The molecule has 0 bridgehead atoms. The maximum Gasteiger partial charge on any atom is 0.266 e. The van der Waals surface area contributed by atoms with Crippen molar-refractivity contribution in [2.75, 3.05) is 20.8 Å². The van der Waals surface area contributed by atoms with Crippen molar-refractivity contribution in [2.24, 2.45) is 0 Å². The number of nitrogens with one attached hydrogen (secondary N) is 1. The number of halogens is 3. The van der Waals surface area contributed by atoms with Crippen molar-refractivity contribution >= 4 is 81.0 Å². The lowest BCUT2D eigenvalue weighted by Gasteiger charge is -2.26. The molecule has 4 rings (SSSR count). The molecule has 0 spiro atoms. The molecule has 2 amide bonds. The van der Waals surface area contributed by atoms with E-state index in [-0.39, 0.29) is 5.91 Å². The highest BCUT2D eigenvalue weighted by molar-refractivity contribution is 8.26.